The Hall–Kier alpha value is 0.0464. The summed E-state index contributed by atoms with van der Waals surface area (Å²) in [4.78, 5) is 27.8. The first-order valence-corrected chi connectivity index (χ1v) is 12.8. The summed E-state index contributed by atoms with van der Waals surface area (Å²) in [6.07, 6.45) is 18.2. The van der Waals surface area contributed by atoms with Gasteiger partial charge in [0, 0.05) is 12.5 Å². The van der Waals surface area contributed by atoms with E-state index in [1.807, 2.05) is 0 Å². The summed E-state index contributed by atoms with van der Waals surface area (Å²) in [6.45, 7) is 2.67. The molecule has 0 heterocycles. The molecule has 7 heteroatoms. The van der Waals surface area contributed by atoms with Crippen LogP contribution in [-0.2, 0) is 9.59 Å². The number of rotatable bonds is 18. The van der Waals surface area contributed by atoms with Crippen LogP contribution in [0.1, 0.15) is 122 Å². The van der Waals surface area contributed by atoms with Crippen molar-refractivity contribution >= 4 is 17.8 Å². The molecule has 2 N–H and O–H groups in total. The van der Waals surface area contributed by atoms with Crippen LogP contribution in [0.5, 0.6) is 0 Å². The summed E-state index contributed by atoms with van der Waals surface area (Å²) >= 11 is 0. The topological polar surface area (TPSA) is 102 Å². The fourth-order valence-electron chi connectivity index (χ4n) is 4.24. The Balaban J connectivity index is 0.00000961. The Morgan fingerprint density at radius 2 is 1.53 bits per heavy atom. The number of nitrogens with zero attached hydrogens (tertiary/aromatic N) is 1. The third-order valence-corrected chi connectivity index (χ3v) is 6.27. The standard InChI is InChI=1S/C25H46N2O4.K/c1-2-3-4-5-6-7-8-9-13-19-23(28)26-20-15-14-18-22(25(30)31)27-24(29)21-16-11-10-12-17-21;/h21-22H,2-20H2,1H3,(H,26,28)(H,27,29)(H,30,31);/q;+1/p-1/t22-;/m0./s1. The Morgan fingerprint density at radius 1 is 0.938 bits per heavy atom. The SMILES string of the molecule is CCCCCCCCCCCC([O-])=NCCCC[C@H](NC(=O)C1CCCCC1)C(=O)O.[K+]. The van der Waals surface area contributed by atoms with Gasteiger partial charge in [-0.2, -0.15) is 0 Å². The van der Waals surface area contributed by atoms with Crippen LogP contribution in [0.25, 0.3) is 0 Å². The molecule has 0 aliphatic heterocycles. The second-order valence-corrected chi connectivity index (χ2v) is 9.08. The number of hydrogen-bond acceptors (Lipinski definition) is 4. The van der Waals surface area contributed by atoms with E-state index in [0.717, 1.165) is 44.9 Å². The maximum Gasteiger partial charge on any atom is 1.00 e. The third kappa shape index (κ3) is 16.6. The zero-order valence-corrected chi connectivity index (χ0v) is 23.8. The van der Waals surface area contributed by atoms with Crippen LogP contribution >= 0.6 is 0 Å². The van der Waals surface area contributed by atoms with Gasteiger partial charge in [0.15, 0.2) is 0 Å². The zero-order valence-electron chi connectivity index (χ0n) is 20.7. The van der Waals surface area contributed by atoms with Crippen LogP contribution in [0, 0.1) is 5.92 Å². The van der Waals surface area contributed by atoms with Crippen LogP contribution in [0.3, 0.4) is 0 Å². The average Bonchev–Trinajstić information content (AvgIpc) is 2.77. The van der Waals surface area contributed by atoms with Crippen LogP contribution in [0.4, 0.5) is 0 Å². The molecule has 6 nitrogen and oxygen atoms in total. The summed E-state index contributed by atoms with van der Waals surface area (Å²) in [5.74, 6) is -1.18. The zero-order chi connectivity index (χ0) is 22.7. The molecule has 0 aromatic rings. The van der Waals surface area contributed by atoms with Gasteiger partial charge < -0.3 is 20.5 Å². The van der Waals surface area contributed by atoms with Gasteiger partial charge in [-0.05, 0) is 50.8 Å². The monoisotopic (exact) mass is 476 g/mol. The number of nitrogens with one attached hydrogen (secondary N) is 1. The van der Waals surface area contributed by atoms with E-state index in [0.29, 0.717) is 32.2 Å². The van der Waals surface area contributed by atoms with Crippen LogP contribution < -0.4 is 61.8 Å². The van der Waals surface area contributed by atoms with Gasteiger partial charge in [-0.15, -0.1) is 0 Å². The first-order chi connectivity index (χ1) is 15.0. The molecule has 1 aliphatic carbocycles. The number of carbonyl (C=O) groups is 2. The molecular formula is C25H45KN2O4. The summed E-state index contributed by atoms with van der Waals surface area (Å²) in [7, 11) is 0. The number of aliphatic carboxylic acids is 1. The number of unbranched alkanes of at least 4 members (excludes halogenated alkanes) is 9. The van der Waals surface area contributed by atoms with Crippen LogP contribution in [0.15, 0.2) is 4.99 Å². The van der Waals surface area contributed by atoms with Crippen molar-refractivity contribution < 1.29 is 71.2 Å². The van der Waals surface area contributed by atoms with Gasteiger partial charge in [0.05, 0.1) is 0 Å². The minimum atomic E-state index is -0.984. The third-order valence-electron chi connectivity index (χ3n) is 6.27. The van der Waals surface area contributed by atoms with Crippen molar-refractivity contribution in [2.45, 2.75) is 129 Å². The van der Waals surface area contributed by atoms with E-state index in [1.54, 1.807) is 0 Å². The van der Waals surface area contributed by atoms with E-state index in [9.17, 15) is 19.8 Å². The minimum absolute atomic E-state index is 0. The van der Waals surface area contributed by atoms with E-state index < -0.39 is 12.0 Å². The fourth-order valence-corrected chi connectivity index (χ4v) is 4.24. The number of aliphatic imine (C=N–C) groups is 1. The minimum Gasteiger partial charge on any atom is -0.862 e. The van der Waals surface area contributed by atoms with Crippen molar-refractivity contribution in [1.29, 1.82) is 0 Å². The van der Waals surface area contributed by atoms with Crippen molar-refractivity contribution in [3.05, 3.63) is 0 Å². The Labute approximate surface area is 238 Å². The number of hydrogen-bond donors (Lipinski definition) is 2. The first kappa shape index (κ1) is 32.0. The summed E-state index contributed by atoms with van der Waals surface area (Å²) in [5.41, 5.74) is 0. The largest absolute Gasteiger partial charge is 1.00 e. The molecule has 1 amide bonds. The summed E-state index contributed by atoms with van der Waals surface area (Å²) in [6, 6.07) is -0.841. The maximum atomic E-state index is 12.3. The number of carboxylic acid groups (broad SMARTS) is 1. The molecule has 1 fully saturated rings. The molecule has 1 atom stereocenters. The van der Waals surface area contributed by atoms with Crippen molar-refractivity contribution in [2.24, 2.45) is 10.9 Å². The quantitative estimate of drug-likeness (QED) is 0.137. The number of carbonyl (C=O) groups excluding carboxylic acids is 1. The molecule has 0 saturated heterocycles. The van der Waals surface area contributed by atoms with Gasteiger partial charge in [-0.3, -0.25) is 4.79 Å². The molecule has 0 unspecified atom stereocenters. The summed E-state index contributed by atoms with van der Waals surface area (Å²) in [5, 5.41) is 24.0. The second-order valence-electron chi connectivity index (χ2n) is 9.08. The predicted molar refractivity (Wildman–Crippen MR) is 124 cm³/mol. The molecule has 1 aliphatic rings. The predicted octanol–water partition coefficient (Wildman–Crippen LogP) is 1.99. The molecule has 180 valence electrons. The Morgan fingerprint density at radius 3 is 2.12 bits per heavy atom. The van der Waals surface area contributed by atoms with Crippen molar-refractivity contribution in [1.82, 2.24) is 5.32 Å². The van der Waals surface area contributed by atoms with E-state index >= 15 is 0 Å². The molecule has 0 radical (unpaired) electrons. The van der Waals surface area contributed by atoms with Crippen LogP contribution in [0.2, 0.25) is 0 Å². The smallest absolute Gasteiger partial charge is 0.862 e. The molecule has 0 aromatic heterocycles. The van der Waals surface area contributed by atoms with Gasteiger partial charge in [-0.1, -0.05) is 77.6 Å². The fraction of sp³-hybridized carbons (Fsp3) is 0.880. The normalized spacial score (nSPS) is 15.7. The van der Waals surface area contributed by atoms with Crippen LogP contribution in [-0.4, -0.2) is 35.5 Å². The Bertz CT molecular complexity index is 522. The van der Waals surface area contributed by atoms with E-state index in [4.69, 9.17) is 0 Å². The van der Waals surface area contributed by atoms with Gasteiger partial charge in [0.1, 0.15) is 6.04 Å². The van der Waals surface area contributed by atoms with Gasteiger partial charge in [0.25, 0.3) is 0 Å². The molecule has 0 spiro atoms. The van der Waals surface area contributed by atoms with Crippen molar-refractivity contribution in [3.8, 4) is 0 Å². The second kappa shape index (κ2) is 21.6. The van der Waals surface area contributed by atoms with E-state index in [2.05, 4.69) is 17.2 Å². The molecular weight excluding hydrogens is 431 g/mol. The molecule has 1 saturated carbocycles. The van der Waals surface area contributed by atoms with Gasteiger partial charge >= 0.3 is 57.4 Å². The first-order valence-electron chi connectivity index (χ1n) is 12.8. The average molecular weight is 477 g/mol. The molecule has 0 aromatic carbocycles. The molecule has 32 heavy (non-hydrogen) atoms. The number of amides is 1. The summed E-state index contributed by atoms with van der Waals surface area (Å²) < 4.78 is 0. The van der Waals surface area contributed by atoms with Gasteiger partial charge in [-0.25, -0.2) is 4.79 Å². The Kier molecular flexibility index (Phi) is 21.6. The maximum absolute atomic E-state index is 12.3. The molecule has 0 bridgehead atoms. The van der Waals surface area contributed by atoms with Crippen molar-refractivity contribution in [3.63, 3.8) is 0 Å². The number of carboxylic acids is 1. The van der Waals surface area contributed by atoms with E-state index in [1.165, 1.54) is 44.9 Å². The van der Waals surface area contributed by atoms with Gasteiger partial charge in [0.2, 0.25) is 5.91 Å². The van der Waals surface area contributed by atoms with E-state index in [-0.39, 0.29) is 69.1 Å². The molecule has 1 rings (SSSR count). The van der Waals surface area contributed by atoms with Crippen molar-refractivity contribution in [2.75, 3.05) is 6.54 Å².